The van der Waals surface area contributed by atoms with Gasteiger partial charge in [0, 0.05) is 6.07 Å². The van der Waals surface area contributed by atoms with Crippen molar-refractivity contribution < 1.29 is 19.1 Å². The van der Waals surface area contributed by atoms with E-state index in [4.69, 9.17) is 14.3 Å². The lowest BCUT2D eigenvalue weighted by Crippen LogP contribution is -2.08. The predicted octanol–water partition coefficient (Wildman–Crippen LogP) is 2.12. The van der Waals surface area contributed by atoms with Crippen LogP contribution in [0.3, 0.4) is 0 Å². The zero-order valence-corrected chi connectivity index (χ0v) is 9.55. The van der Waals surface area contributed by atoms with Gasteiger partial charge in [-0.05, 0) is 22.0 Å². The Labute approximate surface area is 98.6 Å². The quantitative estimate of drug-likeness (QED) is 0.931. The molecule has 16 heavy (non-hydrogen) atoms. The second-order valence-electron chi connectivity index (χ2n) is 2.93. The Morgan fingerprint density at radius 3 is 3.06 bits per heavy atom. The Bertz CT molecular complexity index is 505. The first kappa shape index (κ1) is 10.7. The van der Waals surface area contributed by atoms with E-state index >= 15 is 0 Å². The van der Waals surface area contributed by atoms with Crippen LogP contribution in [0.1, 0.15) is 0 Å². The molecule has 2 aromatic heterocycles. The molecule has 6 nitrogen and oxygen atoms in total. The van der Waals surface area contributed by atoms with Gasteiger partial charge in [-0.2, -0.15) is 5.10 Å². The molecule has 0 amide bonds. The van der Waals surface area contributed by atoms with E-state index in [9.17, 15) is 4.79 Å². The smallest absolute Gasteiger partial charge is 0.325 e. The van der Waals surface area contributed by atoms with Gasteiger partial charge in [0.25, 0.3) is 5.95 Å². The van der Waals surface area contributed by atoms with Gasteiger partial charge in [0.05, 0.1) is 12.4 Å². The Morgan fingerprint density at radius 1 is 1.62 bits per heavy atom. The van der Waals surface area contributed by atoms with Gasteiger partial charge in [-0.1, -0.05) is 0 Å². The van der Waals surface area contributed by atoms with Crippen molar-refractivity contribution in [3.63, 3.8) is 0 Å². The van der Waals surface area contributed by atoms with Gasteiger partial charge in [0.2, 0.25) is 0 Å². The number of ether oxygens (including phenoxy) is 1. The molecular formula is C9H7BrN2O4. The van der Waals surface area contributed by atoms with Crippen molar-refractivity contribution in [1.82, 2.24) is 9.78 Å². The van der Waals surface area contributed by atoms with Crippen LogP contribution in [-0.4, -0.2) is 20.9 Å². The molecule has 0 saturated heterocycles. The van der Waals surface area contributed by atoms with Gasteiger partial charge in [-0.15, -0.1) is 0 Å². The zero-order valence-electron chi connectivity index (χ0n) is 7.96. The van der Waals surface area contributed by atoms with E-state index in [1.54, 1.807) is 12.1 Å². The lowest BCUT2D eigenvalue weighted by Gasteiger charge is -1.96. The maximum atomic E-state index is 10.4. The second-order valence-corrected chi connectivity index (χ2v) is 3.71. The summed E-state index contributed by atoms with van der Waals surface area (Å²) in [7, 11) is 0. The summed E-state index contributed by atoms with van der Waals surface area (Å²) < 4.78 is 12.2. The highest BCUT2D eigenvalue weighted by atomic mass is 79.9. The van der Waals surface area contributed by atoms with E-state index in [0.29, 0.717) is 16.4 Å². The maximum absolute atomic E-state index is 10.4. The number of hydrogen-bond donors (Lipinski definition) is 1. The van der Waals surface area contributed by atoms with Crippen LogP contribution in [0.25, 0.3) is 0 Å². The second kappa shape index (κ2) is 4.40. The third-order valence-electron chi connectivity index (χ3n) is 1.67. The van der Waals surface area contributed by atoms with Crippen LogP contribution in [0.2, 0.25) is 0 Å². The fraction of sp³-hybridized carbons (Fsp3) is 0.111. The number of halogens is 1. The Hall–Kier alpha value is -1.76. The first-order valence-corrected chi connectivity index (χ1v) is 5.10. The monoisotopic (exact) mass is 286 g/mol. The molecule has 0 saturated carbocycles. The molecule has 7 heteroatoms. The molecule has 0 radical (unpaired) electrons. The number of aromatic nitrogens is 2. The van der Waals surface area contributed by atoms with Gasteiger partial charge in [0.15, 0.2) is 10.4 Å². The number of rotatable bonds is 4. The van der Waals surface area contributed by atoms with E-state index in [1.165, 1.54) is 17.1 Å². The van der Waals surface area contributed by atoms with Crippen LogP contribution < -0.4 is 4.74 Å². The van der Waals surface area contributed by atoms with Crippen LogP contribution >= 0.6 is 15.9 Å². The van der Waals surface area contributed by atoms with Crippen LogP contribution in [0.4, 0.5) is 0 Å². The van der Waals surface area contributed by atoms with Crippen molar-refractivity contribution in [3.8, 4) is 11.7 Å². The number of aliphatic carboxylic acids is 1. The van der Waals surface area contributed by atoms with Crippen molar-refractivity contribution in [2.45, 2.75) is 6.54 Å². The summed E-state index contributed by atoms with van der Waals surface area (Å²) in [5.74, 6) is -0.236. The van der Waals surface area contributed by atoms with E-state index in [2.05, 4.69) is 21.0 Å². The van der Waals surface area contributed by atoms with Gasteiger partial charge >= 0.3 is 5.97 Å². The Balaban J connectivity index is 2.05. The van der Waals surface area contributed by atoms with Gasteiger partial charge in [0.1, 0.15) is 6.54 Å². The van der Waals surface area contributed by atoms with E-state index in [-0.39, 0.29) is 6.54 Å². The summed E-state index contributed by atoms with van der Waals surface area (Å²) in [5.41, 5.74) is 0. The third-order valence-corrected chi connectivity index (χ3v) is 2.10. The number of furan rings is 1. The lowest BCUT2D eigenvalue weighted by molar-refractivity contribution is -0.137. The fourth-order valence-corrected chi connectivity index (χ4v) is 1.38. The molecule has 0 spiro atoms. The molecule has 0 bridgehead atoms. The molecule has 0 atom stereocenters. The van der Waals surface area contributed by atoms with Crippen molar-refractivity contribution in [3.05, 3.63) is 29.2 Å². The average molecular weight is 287 g/mol. The van der Waals surface area contributed by atoms with Gasteiger partial charge < -0.3 is 14.3 Å². The molecule has 84 valence electrons. The van der Waals surface area contributed by atoms with Crippen LogP contribution in [-0.2, 0) is 11.3 Å². The Kier molecular flexibility index (Phi) is 2.95. The highest BCUT2D eigenvalue weighted by Gasteiger charge is 2.06. The minimum absolute atomic E-state index is 0.203. The average Bonchev–Trinajstić information content (AvgIpc) is 2.76. The summed E-state index contributed by atoms with van der Waals surface area (Å²) in [6, 6.07) is 3.33. The minimum atomic E-state index is -0.963. The normalized spacial score (nSPS) is 10.3. The van der Waals surface area contributed by atoms with Crippen molar-refractivity contribution in [2.24, 2.45) is 0 Å². The molecule has 0 aromatic carbocycles. The summed E-state index contributed by atoms with van der Waals surface area (Å²) in [6.07, 6.45) is 2.89. The summed E-state index contributed by atoms with van der Waals surface area (Å²) in [5, 5.41) is 12.4. The molecule has 0 aliphatic carbocycles. The van der Waals surface area contributed by atoms with Gasteiger partial charge in [-0.3, -0.25) is 9.48 Å². The maximum Gasteiger partial charge on any atom is 0.325 e. The largest absolute Gasteiger partial charge is 0.480 e. The number of carboxylic acid groups (broad SMARTS) is 1. The van der Waals surface area contributed by atoms with Crippen LogP contribution in [0, 0.1) is 0 Å². The molecule has 0 aliphatic heterocycles. The topological polar surface area (TPSA) is 77.5 Å². The lowest BCUT2D eigenvalue weighted by atomic mass is 10.6. The fourth-order valence-electron chi connectivity index (χ4n) is 1.09. The van der Waals surface area contributed by atoms with Crippen molar-refractivity contribution in [1.29, 1.82) is 0 Å². The molecule has 1 N–H and O–H groups in total. The van der Waals surface area contributed by atoms with Crippen molar-refractivity contribution in [2.75, 3.05) is 0 Å². The van der Waals surface area contributed by atoms with E-state index in [1.807, 2.05) is 0 Å². The third kappa shape index (κ3) is 2.63. The van der Waals surface area contributed by atoms with E-state index < -0.39 is 5.97 Å². The molecule has 0 aliphatic rings. The predicted molar refractivity (Wildman–Crippen MR) is 56.3 cm³/mol. The molecule has 0 unspecified atom stereocenters. The molecule has 0 fully saturated rings. The van der Waals surface area contributed by atoms with Crippen molar-refractivity contribution >= 4 is 21.9 Å². The summed E-state index contributed by atoms with van der Waals surface area (Å²) in [4.78, 5) is 10.4. The van der Waals surface area contributed by atoms with Gasteiger partial charge in [-0.25, -0.2) is 0 Å². The molecule has 2 aromatic rings. The number of carbonyl (C=O) groups is 1. The number of nitrogens with zero attached hydrogens (tertiary/aromatic N) is 2. The highest BCUT2D eigenvalue weighted by molar-refractivity contribution is 9.10. The molecule has 2 heterocycles. The number of carboxylic acids is 1. The number of hydrogen-bond acceptors (Lipinski definition) is 4. The van der Waals surface area contributed by atoms with E-state index in [0.717, 1.165) is 0 Å². The Morgan fingerprint density at radius 2 is 2.44 bits per heavy atom. The first-order chi connectivity index (χ1) is 7.63. The SMILES string of the molecule is O=C(O)Cn1cc(Oc2ccc(Br)o2)cn1. The highest BCUT2D eigenvalue weighted by Crippen LogP contribution is 2.25. The summed E-state index contributed by atoms with van der Waals surface area (Å²) >= 11 is 3.14. The zero-order chi connectivity index (χ0) is 11.5. The molecular weight excluding hydrogens is 280 g/mol. The minimum Gasteiger partial charge on any atom is -0.480 e. The molecule has 2 rings (SSSR count). The first-order valence-electron chi connectivity index (χ1n) is 4.31. The van der Waals surface area contributed by atoms with Crippen LogP contribution in [0.15, 0.2) is 33.6 Å². The summed E-state index contributed by atoms with van der Waals surface area (Å²) in [6.45, 7) is -0.203. The van der Waals surface area contributed by atoms with Crippen LogP contribution in [0.5, 0.6) is 11.7 Å². The standard InChI is InChI=1S/C9H7BrN2O4/c10-7-1-2-9(16-7)15-6-3-11-12(4-6)5-8(13)14/h1-4H,5H2,(H,13,14).